The average Bonchev–Trinajstić information content (AvgIpc) is 2.47. The number of rotatable bonds is 5. The first-order chi connectivity index (χ1) is 9.22. The molecular formula is C16H21N3. The fraction of sp³-hybridized carbons (Fsp3) is 0.312. The number of nitrogens with two attached hydrogens (primary N) is 1. The molecule has 1 heterocycles. The maximum atomic E-state index is 6.18. The molecule has 100 valence electrons. The maximum absolute atomic E-state index is 6.18. The Morgan fingerprint density at radius 3 is 2.58 bits per heavy atom. The van der Waals surface area contributed by atoms with Gasteiger partial charge in [0.15, 0.2) is 0 Å². The molecule has 0 fully saturated rings. The second-order valence-electron chi connectivity index (χ2n) is 4.75. The largest absolute Gasteiger partial charge is 0.368 e. The van der Waals surface area contributed by atoms with E-state index in [9.17, 15) is 0 Å². The van der Waals surface area contributed by atoms with Gasteiger partial charge in [-0.2, -0.15) is 0 Å². The Balaban J connectivity index is 2.21. The summed E-state index contributed by atoms with van der Waals surface area (Å²) >= 11 is 0. The van der Waals surface area contributed by atoms with E-state index in [4.69, 9.17) is 5.73 Å². The van der Waals surface area contributed by atoms with Gasteiger partial charge in [-0.3, -0.25) is 4.98 Å². The predicted octanol–water partition coefficient (Wildman–Crippen LogP) is 3.13. The van der Waals surface area contributed by atoms with E-state index in [2.05, 4.69) is 42.1 Å². The Hall–Kier alpha value is -1.87. The van der Waals surface area contributed by atoms with Gasteiger partial charge < -0.3 is 10.6 Å². The van der Waals surface area contributed by atoms with Gasteiger partial charge in [-0.05, 0) is 30.2 Å². The minimum Gasteiger partial charge on any atom is -0.368 e. The highest BCUT2D eigenvalue weighted by Gasteiger charge is 2.12. The molecule has 19 heavy (non-hydrogen) atoms. The van der Waals surface area contributed by atoms with E-state index in [0.29, 0.717) is 0 Å². The highest BCUT2D eigenvalue weighted by molar-refractivity contribution is 5.54. The molecule has 0 radical (unpaired) electrons. The van der Waals surface area contributed by atoms with Crippen molar-refractivity contribution in [2.24, 2.45) is 5.73 Å². The number of hydrogen-bond acceptors (Lipinski definition) is 3. The molecule has 0 saturated carbocycles. The van der Waals surface area contributed by atoms with Crippen LogP contribution in [0.15, 0.2) is 48.7 Å². The summed E-state index contributed by atoms with van der Waals surface area (Å²) in [6.07, 6.45) is 2.77. The molecule has 2 aromatic rings. The van der Waals surface area contributed by atoms with Crippen LogP contribution in [0.1, 0.15) is 30.6 Å². The summed E-state index contributed by atoms with van der Waals surface area (Å²) in [7, 11) is 2.08. The number of hydrogen-bond donors (Lipinski definition) is 1. The number of nitrogens with zero attached hydrogens (tertiary/aromatic N) is 2. The van der Waals surface area contributed by atoms with Crippen molar-refractivity contribution in [1.82, 2.24) is 4.98 Å². The van der Waals surface area contributed by atoms with Crippen LogP contribution in [-0.2, 0) is 6.54 Å². The van der Waals surface area contributed by atoms with E-state index in [1.54, 1.807) is 0 Å². The normalized spacial score (nSPS) is 12.2. The quantitative estimate of drug-likeness (QED) is 0.892. The first kappa shape index (κ1) is 13.6. The highest BCUT2D eigenvalue weighted by atomic mass is 15.1. The number of aromatic nitrogens is 1. The summed E-state index contributed by atoms with van der Waals surface area (Å²) in [5.41, 5.74) is 9.62. The zero-order valence-electron chi connectivity index (χ0n) is 11.6. The molecule has 0 saturated heterocycles. The number of pyridine rings is 1. The Kier molecular flexibility index (Phi) is 4.53. The van der Waals surface area contributed by atoms with Crippen LogP contribution in [0.25, 0.3) is 0 Å². The van der Waals surface area contributed by atoms with Crippen molar-refractivity contribution in [3.63, 3.8) is 0 Å². The Labute approximate surface area is 115 Å². The number of anilines is 1. The van der Waals surface area contributed by atoms with E-state index in [1.165, 1.54) is 11.3 Å². The summed E-state index contributed by atoms with van der Waals surface area (Å²) in [5.74, 6) is 0. The maximum Gasteiger partial charge on any atom is 0.0598 e. The van der Waals surface area contributed by atoms with E-state index < -0.39 is 0 Å². The monoisotopic (exact) mass is 255 g/mol. The van der Waals surface area contributed by atoms with Crippen molar-refractivity contribution < 1.29 is 0 Å². The SMILES string of the molecule is CC[C@H](N)c1ccccc1N(C)Cc1ccccn1. The van der Waals surface area contributed by atoms with Crippen LogP contribution in [0.4, 0.5) is 5.69 Å². The molecule has 3 nitrogen and oxygen atoms in total. The van der Waals surface area contributed by atoms with Gasteiger partial charge in [-0.15, -0.1) is 0 Å². The van der Waals surface area contributed by atoms with Crippen LogP contribution in [-0.4, -0.2) is 12.0 Å². The third-order valence-corrected chi connectivity index (χ3v) is 3.31. The molecule has 0 amide bonds. The van der Waals surface area contributed by atoms with Crippen LogP contribution >= 0.6 is 0 Å². The highest BCUT2D eigenvalue weighted by Crippen LogP contribution is 2.26. The van der Waals surface area contributed by atoms with Gasteiger partial charge in [0.1, 0.15) is 0 Å². The molecule has 0 aliphatic heterocycles. The van der Waals surface area contributed by atoms with Crippen molar-refractivity contribution >= 4 is 5.69 Å². The van der Waals surface area contributed by atoms with Crippen LogP contribution < -0.4 is 10.6 Å². The fourth-order valence-electron chi connectivity index (χ4n) is 2.19. The van der Waals surface area contributed by atoms with Gasteiger partial charge in [-0.25, -0.2) is 0 Å². The van der Waals surface area contributed by atoms with Gasteiger partial charge >= 0.3 is 0 Å². The van der Waals surface area contributed by atoms with E-state index in [1.807, 2.05) is 30.5 Å². The third-order valence-electron chi connectivity index (χ3n) is 3.31. The van der Waals surface area contributed by atoms with Crippen LogP contribution in [0.5, 0.6) is 0 Å². The van der Waals surface area contributed by atoms with Crippen LogP contribution in [0.3, 0.4) is 0 Å². The topological polar surface area (TPSA) is 42.1 Å². The summed E-state index contributed by atoms with van der Waals surface area (Å²) in [4.78, 5) is 6.57. The average molecular weight is 255 g/mol. The zero-order chi connectivity index (χ0) is 13.7. The summed E-state index contributed by atoms with van der Waals surface area (Å²) in [6, 6.07) is 14.4. The number of para-hydroxylation sites is 1. The molecular weight excluding hydrogens is 234 g/mol. The first-order valence-electron chi connectivity index (χ1n) is 6.68. The lowest BCUT2D eigenvalue weighted by Gasteiger charge is -2.24. The molecule has 2 N–H and O–H groups in total. The molecule has 1 atom stereocenters. The van der Waals surface area contributed by atoms with E-state index in [0.717, 1.165) is 18.7 Å². The molecule has 0 unspecified atom stereocenters. The summed E-state index contributed by atoms with van der Waals surface area (Å²) < 4.78 is 0. The van der Waals surface area contributed by atoms with Crippen molar-refractivity contribution in [2.45, 2.75) is 25.9 Å². The second kappa shape index (κ2) is 6.34. The minimum absolute atomic E-state index is 0.0855. The predicted molar refractivity (Wildman–Crippen MR) is 80.0 cm³/mol. The van der Waals surface area contributed by atoms with Crippen LogP contribution in [0, 0.1) is 0 Å². The second-order valence-corrected chi connectivity index (χ2v) is 4.75. The first-order valence-corrected chi connectivity index (χ1v) is 6.68. The van der Waals surface area contributed by atoms with Gasteiger partial charge in [0.25, 0.3) is 0 Å². The van der Waals surface area contributed by atoms with Gasteiger partial charge in [0.2, 0.25) is 0 Å². The van der Waals surface area contributed by atoms with E-state index >= 15 is 0 Å². The molecule has 2 rings (SSSR count). The zero-order valence-corrected chi connectivity index (χ0v) is 11.6. The lowest BCUT2D eigenvalue weighted by atomic mass is 10.0. The Morgan fingerprint density at radius 1 is 1.16 bits per heavy atom. The molecule has 0 spiro atoms. The Morgan fingerprint density at radius 2 is 1.89 bits per heavy atom. The standard InChI is InChI=1S/C16H21N3/c1-3-15(17)14-9-4-5-10-16(14)19(2)12-13-8-6-7-11-18-13/h4-11,15H,3,12,17H2,1-2H3/t15-/m0/s1. The Bertz CT molecular complexity index is 510. The van der Waals surface area contributed by atoms with Gasteiger partial charge in [-0.1, -0.05) is 31.2 Å². The number of benzene rings is 1. The molecule has 0 aliphatic carbocycles. The molecule has 0 bridgehead atoms. The fourth-order valence-corrected chi connectivity index (χ4v) is 2.19. The molecule has 1 aromatic carbocycles. The van der Waals surface area contributed by atoms with Crippen molar-refractivity contribution in [1.29, 1.82) is 0 Å². The lowest BCUT2D eigenvalue weighted by Crippen LogP contribution is -2.21. The third kappa shape index (κ3) is 3.32. The van der Waals surface area contributed by atoms with Crippen molar-refractivity contribution in [3.05, 3.63) is 59.9 Å². The summed E-state index contributed by atoms with van der Waals surface area (Å²) in [6.45, 7) is 2.90. The van der Waals surface area contributed by atoms with Crippen molar-refractivity contribution in [2.75, 3.05) is 11.9 Å². The van der Waals surface area contributed by atoms with E-state index in [-0.39, 0.29) is 6.04 Å². The lowest BCUT2D eigenvalue weighted by molar-refractivity contribution is 0.693. The summed E-state index contributed by atoms with van der Waals surface area (Å²) in [5, 5.41) is 0. The smallest absolute Gasteiger partial charge is 0.0598 e. The van der Waals surface area contributed by atoms with Crippen molar-refractivity contribution in [3.8, 4) is 0 Å². The molecule has 1 aromatic heterocycles. The van der Waals surface area contributed by atoms with Gasteiger partial charge in [0, 0.05) is 25.0 Å². The molecule has 3 heteroatoms. The molecule has 0 aliphatic rings. The van der Waals surface area contributed by atoms with Gasteiger partial charge in [0.05, 0.1) is 12.2 Å². The minimum atomic E-state index is 0.0855. The van der Waals surface area contributed by atoms with Crippen LogP contribution in [0.2, 0.25) is 0 Å².